The molecule has 204 valence electrons. The molecule has 2 amide bonds. The first kappa shape index (κ1) is 26.0. The summed E-state index contributed by atoms with van der Waals surface area (Å²) >= 11 is 6.58. The van der Waals surface area contributed by atoms with Crippen LogP contribution in [0.15, 0.2) is 61.1 Å². The number of aromatic nitrogens is 4. The van der Waals surface area contributed by atoms with Gasteiger partial charge in [0.2, 0.25) is 0 Å². The monoisotopic (exact) mass is 556 g/mol. The molecule has 4 aromatic rings. The zero-order valence-corrected chi connectivity index (χ0v) is 23.1. The molecule has 1 N–H and O–H groups in total. The fraction of sp³-hybridized carbons (Fsp3) is 0.276. The highest BCUT2D eigenvalue weighted by Crippen LogP contribution is 2.39. The molecule has 6 rings (SSSR count). The molecule has 0 spiro atoms. The van der Waals surface area contributed by atoms with Gasteiger partial charge in [-0.2, -0.15) is 0 Å². The van der Waals surface area contributed by atoms with Gasteiger partial charge in [0.1, 0.15) is 23.2 Å². The molecule has 1 saturated heterocycles. The molecule has 3 aromatic heterocycles. The number of benzene rings is 1. The maximum Gasteiger partial charge on any atom is 0.336 e. The average Bonchev–Trinajstić information content (AvgIpc) is 2.98. The predicted molar refractivity (Wildman–Crippen MR) is 155 cm³/mol. The van der Waals surface area contributed by atoms with Crippen LogP contribution in [0.5, 0.6) is 5.75 Å². The standard InChI is InChI=1S/C29H29ClN8O2/c1-19-4-3-5-23(30)27(19)37-18-21-16-32-24(14-20-6-8-25(33-15-20)36-12-10-31-11-13-36)35-28(21)38(29(37)39)26-9-7-22(40-2)17-34-26/h3-9,15-17,31H,10-14,18H2,1-2H3. The van der Waals surface area contributed by atoms with Gasteiger partial charge in [0.25, 0.3) is 0 Å². The minimum Gasteiger partial charge on any atom is -0.495 e. The number of anilines is 4. The first-order valence-electron chi connectivity index (χ1n) is 13.1. The number of aryl methyl sites for hydroxylation is 1. The van der Waals surface area contributed by atoms with Gasteiger partial charge in [-0.3, -0.25) is 4.90 Å². The summed E-state index contributed by atoms with van der Waals surface area (Å²) in [6.07, 6.45) is 5.71. The molecule has 1 fully saturated rings. The molecule has 0 bridgehead atoms. The van der Waals surface area contributed by atoms with Crippen LogP contribution in [0.3, 0.4) is 0 Å². The van der Waals surface area contributed by atoms with Crippen molar-refractivity contribution < 1.29 is 9.53 Å². The Kier molecular flexibility index (Phi) is 7.19. The van der Waals surface area contributed by atoms with E-state index in [0.29, 0.717) is 40.3 Å². The van der Waals surface area contributed by atoms with Crippen LogP contribution in [-0.4, -0.2) is 59.3 Å². The van der Waals surface area contributed by atoms with Crippen molar-refractivity contribution in [2.24, 2.45) is 0 Å². The fourth-order valence-corrected chi connectivity index (χ4v) is 5.35. The van der Waals surface area contributed by atoms with Gasteiger partial charge in [-0.15, -0.1) is 0 Å². The largest absolute Gasteiger partial charge is 0.495 e. The van der Waals surface area contributed by atoms with E-state index in [2.05, 4.69) is 31.2 Å². The Morgan fingerprint density at radius 2 is 1.77 bits per heavy atom. The normalized spacial score (nSPS) is 15.3. The second-order valence-electron chi connectivity index (χ2n) is 9.74. The lowest BCUT2D eigenvalue weighted by molar-refractivity contribution is 0.252. The molecule has 2 aliphatic heterocycles. The Hall–Kier alpha value is -4.28. The number of hydrogen-bond donors (Lipinski definition) is 1. The smallest absolute Gasteiger partial charge is 0.336 e. The number of rotatable bonds is 6. The van der Waals surface area contributed by atoms with Gasteiger partial charge in [0, 0.05) is 50.6 Å². The lowest BCUT2D eigenvalue weighted by Gasteiger charge is -2.36. The highest BCUT2D eigenvalue weighted by Gasteiger charge is 2.36. The molecule has 0 radical (unpaired) electrons. The van der Waals surface area contributed by atoms with Crippen LogP contribution < -0.4 is 24.8 Å². The molecule has 0 saturated carbocycles. The topological polar surface area (TPSA) is 99.6 Å². The number of fused-ring (bicyclic) bond motifs is 1. The summed E-state index contributed by atoms with van der Waals surface area (Å²) in [6, 6.07) is 12.9. The van der Waals surface area contributed by atoms with Crippen molar-refractivity contribution in [1.29, 1.82) is 0 Å². The van der Waals surface area contributed by atoms with E-state index in [1.807, 2.05) is 31.3 Å². The molecular formula is C29H29ClN8O2. The van der Waals surface area contributed by atoms with Crippen molar-refractivity contribution >= 4 is 40.8 Å². The summed E-state index contributed by atoms with van der Waals surface area (Å²) < 4.78 is 5.28. The lowest BCUT2D eigenvalue weighted by atomic mass is 10.1. The first-order chi connectivity index (χ1) is 19.5. The van der Waals surface area contributed by atoms with Gasteiger partial charge in [0.15, 0.2) is 5.82 Å². The van der Waals surface area contributed by atoms with E-state index >= 15 is 0 Å². The van der Waals surface area contributed by atoms with Crippen molar-refractivity contribution in [2.45, 2.75) is 19.9 Å². The quantitative estimate of drug-likeness (QED) is 0.370. The maximum absolute atomic E-state index is 14.0. The Morgan fingerprint density at radius 3 is 2.48 bits per heavy atom. The van der Waals surface area contributed by atoms with E-state index in [-0.39, 0.29) is 12.6 Å². The molecule has 2 aliphatic rings. The van der Waals surface area contributed by atoms with Gasteiger partial charge < -0.3 is 15.0 Å². The number of nitrogens with zero attached hydrogens (tertiary/aromatic N) is 7. The van der Waals surface area contributed by atoms with Crippen LogP contribution in [0.1, 0.15) is 22.5 Å². The number of nitrogens with one attached hydrogen (secondary N) is 1. The first-order valence-corrected chi connectivity index (χ1v) is 13.5. The zero-order valence-electron chi connectivity index (χ0n) is 22.3. The van der Waals surface area contributed by atoms with E-state index in [0.717, 1.165) is 48.7 Å². The highest BCUT2D eigenvalue weighted by molar-refractivity contribution is 6.34. The third-order valence-electron chi connectivity index (χ3n) is 7.11. The third-order valence-corrected chi connectivity index (χ3v) is 7.42. The number of methoxy groups -OCH3 is 1. The summed E-state index contributed by atoms with van der Waals surface area (Å²) in [6.45, 7) is 6.01. The number of halogens is 1. The Balaban J connectivity index is 1.34. The second kappa shape index (κ2) is 11.1. The van der Waals surface area contributed by atoms with E-state index in [4.69, 9.17) is 21.3 Å². The van der Waals surface area contributed by atoms with Crippen molar-refractivity contribution in [3.8, 4) is 5.75 Å². The van der Waals surface area contributed by atoms with E-state index < -0.39 is 0 Å². The maximum atomic E-state index is 14.0. The number of urea groups is 1. The van der Waals surface area contributed by atoms with Crippen LogP contribution in [-0.2, 0) is 13.0 Å². The SMILES string of the molecule is COc1ccc(N2C(=O)N(c3c(C)cccc3Cl)Cc3cnc(Cc4ccc(N5CCNCC5)nc4)nc32)nc1. The molecular weight excluding hydrogens is 528 g/mol. The van der Waals surface area contributed by atoms with Crippen LogP contribution in [0.25, 0.3) is 0 Å². The number of hydrogen-bond acceptors (Lipinski definition) is 8. The molecule has 11 heteroatoms. The summed E-state index contributed by atoms with van der Waals surface area (Å²) in [5, 5.41) is 3.85. The van der Waals surface area contributed by atoms with E-state index in [9.17, 15) is 4.79 Å². The summed E-state index contributed by atoms with van der Waals surface area (Å²) in [7, 11) is 1.57. The fourth-order valence-electron chi connectivity index (χ4n) is 5.03. The van der Waals surface area contributed by atoms with Crippen LogP contribution >= 0.6 is 11.6 Å². The predicted octanol–water partition coefficient (Wildman–Crippen LogP) is 4.52. The highest BCUT2D eigenvalue weighted by atomic mass is 35.5. The van der Waals surface area contributed by atoms with Gasteiger partial charge in [-0.1, -0.05) is 29.8 Å². The van der Waals surface area contributed by atoms with E-state index in [1.54, 1.807) is 42.6 Å². The van der Waals surface area contributed by atoms with Crippen LogP contribution in [0.2, 0.25) is 5.02 Å². The minimum absolute atomic E-state index is 0.284. The number of amides is 2. The number of pyridine rings is 2. The van der Waals surface area contributed by atoms with Gasteiger partial charge in [-0.05, 0) is 42.3 Å². The molecule has 40 heavy (non-hydrogen) atoms. The number of carbonyl (C=O) groups is 1. The van der Waals surface area contributed by atoms with Crippen molar-refractivity contribution in [3.63, 3.8) is 0 Å². The Morgan fingerprint density at radius 1 is 0.975 bits per heavy atom. The molecule has 10 nitrogen and oxygen atoms in total. The molecule has 5 heterocycles. The van der Waals surface area contributed by atoms with Gasteiger partial charge >= 0.3 is 6.03 Å². The lowest BCUT2D eigenvalue weighted by Crippen LogP contribution is -2.46. The van der Waals surface area contributed by atoms with Crippen LogP contribution in [0, 0.1) is 6.92 Å². The van der Waals surface area contributed by atoms with Crippen LogP contribution in [0.4, 0.5) is 27.9 Å². The summed E-state index contributed by atoms with van der Waals surface area (Å²) in [5.41, 5.74) is 3.31. The zero-order chi connectivity index (χ0) is 27.6. The number of ether oxygens (including phenoxy) is 1. The third kappa shape index (κ3) is 5.03. The average molecular weight is 557 g/mol. The molecule has 1 aromatic carbocycles. The van der Waals surface area contributed by atoms with E-state index in [1.165, 1.54) is 4.90 Å². The molecule has 0 atom stereocenters. The van der Waals surface area contributed by atoms with Crippen molar-refractivity contribution in [2.75, 3.05) is 48.0 Å². The number of piperazine rings is 1. The number of carbonyl (C=O) groups excluding carboxylic acids is 1. The summed E-state index contributed by atoms with van der Waals surface area (Å²) in [5.74, 6) is 3.07. The van der Waals surface area contributed by atoms with Crippen molar-refractivity contribution in [3.05, 3.63) is 88.6 Å². The Labute approximate surface area is 237 Å². The minimum atomic E-state index is -0.298. The second-order valence-corrected chi connectivity index (χ2v) is 10.1. The van der Waals surface area contributed by atoms with Crippen molar-refractivity contribution in [1.82, 2.24) is 25.3 Å². The number of para-hydroxylation sites is 1. The van der Waals surface area contributed by atoms with Gasteiger partial charge in [0.05, 0.1) is 30.6 Å². The molecule has 0 unspecified atom stereocenters. The summed E-state index contributed by atoms with van der Waals surface area (Å²) in [4.78, 5) is 38.2. The molecule has 0 aliphatic carbocycles. The van der Waals surface area contributed by atoms with Gasteiger partial charge in [-0.25, -0.2) is 29.6 Å². The Bertz CT molecular complexity index is 1500.